The first kappa shape index (κ1) is 12.8. The zero-order chi connectivity index (χ0) is 13.1. The number of hydrogen-bond acceptors (Lipinski definition) is 6. The maximum Gasteiger partial charge on any atom is 0.142 e. The van der Waals surface area contributed by atoms with Crippen molar-refractivity contribution in [2.75, 3.05) is 11.9 Å². The highest BCUT2D eigenvalue weighted by molar-refractivity contribution is 7.80. The van der Waals surface area contributed by atoms with Gasteiger partial charge in [0.2, 0.25) is 0 Å². The zero-order valence-electron chi connectivity index (χ0n) is 10.1. The maximum absolute atomic E-state index is 5.69. The van der Waals surface area contributed by atoms with E-state index in [1.54, 1.807) is 17.5 Å². The molecular formula is C11H13N5S2. The molecule has 0 aliphatic carbocycles. The molecule has 0 atom stereocenters. The minimum Gasteiger partial charge on any atom is -0.389 e. The topological polar surface area (TPSA) is 67.9 Å². The molecular weight excluding hydrogens is 266 g/mol. The van der Waals surface area contributed by atoms with E-state index in [0.717, 1.165) is 11.5 Å². The summed E-state index contributed by atoms with van der Waals surface area (Å²) in [5.41, 5.74) is 9.18. The number of hydrogen-bond donors (Lipinski definition) is 1. The van der Waals surface area contributed by atoms with Gasteiger partial charge in [-0.15, -0.1) is 11.3 Å². The Labute approximate surface area is 115 Å². The Bertz CT molecular complexity index is 553. The third-order valence-corrected chi connectivity index (χ3v) is 3.25. The van der Waals surface area contributed by atoms with Crippen LogP contribution in [0.1, 0.15) is 17.1 Å². The van der Waals surface area contributed by atoms with E-state index in [9.17, 15) is 0 Å². The van der Waals surface area contributed by atoms with Crippen LogP contribution in [0.4, 0.5) is 5.82 Å². The lowest BCUT2D eigenvalue weighted by molar-refractivity contribution is 0.858. The Kier molecular flexibility index (Phi) is 3.83. The summed E-state index contributed by atoms with van der Waals surface area (Å²) >= 11 is 6.59. The standard InChI is InChI=1S/C11H13N5S2/c1-7-13-3-9(10(12)17)11(15-7)16(2)4-8-5-18-6-14-8/h3,5-6H,4H2,1-2H3,(H2,12,17). The molecule has 94 valence electrons. The van der Waals surface area contributed by atoms with Gasteiger partial charge in [0.05, 0.1) is 23.3 Å². The summed E-state index contributed by atoms with van der Waals surface area (Å²) in [4.78, 5) is 15.0. The highest BCUT2D eigenvalue weighted by Crippen LogP contribution is 2.18. The Morgan fingerprint density at radius 3 is 2.89 bits per heavy atom. The molecule has 0 aliphatic heterocycles. The molecule has 2 rings (SSSR count). The molecule has 0 bridgehead atoms. The molecule has 0 amide bonds. The Balaban J connectivity index is 2.31. The average Bonchev–Trinajstić information content (AvgIpc) is 2.81. The van der Waals surface area contributed by atoms with Crippen LogP contribution in [-0.2, 0) is 6.54 Å². The number of nitrogens with zero attached hydrogens (tertiary/aromatic N) is 4. The van der Waals surface area contributed by atoms with Crippen molar-refractivity contribution in [3.63, 3.8) is 0 Å². The number of aryl methyl sites for hydroxylation is 1. The third-order valence-electron chi connectivity index (χ3n) is 2.40. The first-order valence-corrected chi connectivity index (χ1v) is 6.64. The fraction of sp³-hybridized carbons (Fsp3) is 0.273. The molecule has 0 unspecified atom stereocenters. The van der Waals surface area contributed by atoms with Crippen LogP contribution in [0.5, 0.6) is 0 Å². The Morgan fingerprint density at radius 2 is 2.28 bits per heavy atom. The minimum absolute atomic E-state index is 0.301. The van der Waals surface area contributed by atoms with Crippen molar-refractivity contribution < 1.29 is 0 Å². The summed E-state index contributed by atoms with van der Waals surface area (Å²) in [7, 11) is 1.93. The van der Waals surface area contributed by atoms with Crippen LogP contribution in [0, 0.1) is 6.92 Å². The molecule has 7 heteroatoms. The van der Waals surface area contributed by atoms with Crippen LogP contribution in [0.25, 0.3) is 0 Å². The van der Waals surface area contributed by atoms with Crippen LogP contribution < -0.4 is 10.6 Å². The van der Waals surface area contributed by atoms with Crippen LogP contribution in [0.15, 0.2) is 17.1 Å². The van der Waals surface area contributed by atoms with Gasteiger partial charge in [0.25, 0.3) is 0 Å². The molecule has 0 fully saturated rings. The van der Waals surface area contributed by atoms with Crippen molar-refractivity contribution >= 4 is 34.4 Å². The van der Waals surface area contributed by atoms with Gasteiger partial charge in [0.1, 0.15) is 16.6 Å². The summed E-state index contributed by atoms with van der Waals surface area (Å²) in [5, 5.41) is 2.00. The molecule has 0 radical (unpaired) electrons. The summed E-state index contributed by atoms with van der Waals surface area (Å²) in [6.45, 7) is 2.50. The van der Waals surface area contributed by atoms with Gasteiger partial charge < -0.3 is 10.6 Å². The largest absolute Gasteiger partial charge is 0.389 e. The SMILES string of the molecule is Cc1ncc(C(N)=S)c(N(C)Cc2cscn2)n1. The van der Waals surface area contributed by atoms with Gasteiger partial charge in [-0.3, -0.25) is 0 Å². The number of aromatic nitrogens is 3. The summed E-state index contributed by atoms with van der Waals surface area (Å²) in [6.07, 6.45) is 1.66. The molecule has 5 nitrogen and oxygen atoms in total. The first-order chi connectivity index (χ1) is 8.58. The Morgan fingerprint density at radius 1 is 1.50 bits per heavy atom. The number of anilines is 1. The van der Waals surface area contributed by atoms with Crippen molar-refractivity contribution in [1.82, 2.24) is 15.0 Å². The number of thiazole rings is 1. The van der Waals surface area contributed by atoms with Crippen molar-refractivity contribution in [3.8, 4) is 0 Å². The van der Waals surface area contributed by atoms with E-state index >= 15 is 0 Å². The van der Waals surface area contributed by atoms with Crippen molar-refractivity contribution in [1.29, 1.82) is 0 Å². The van der Waals surface area contributed by atoms with Crippen LogP contribution in [0.3, 0.4) is 0 Å². The van der Waals surface area contributed by atoms with Crippen LogP contribution >= 0.6 is 23.6 Å². The van der Waals surface area contributed by atoms with E-state index in [2.05, 4.69) is 15.0 Å². The lowest BCUT2D eigenvalue weighted by Crippen LogP contribution is -2.23. The summed E-state index contributed by atoms with van der Waals surface area (Å²) in [5.74, 6) is 1.43. The second kappa shape index (κ2) is 5.36. The first-order valence-electron chi connectivity index (χ1n) is 5.29. The van der Waals surface area contributed by atoms with E-state index < -0.39 is 0 Å². The molecule has 0 saturated carbocycles. The van der Waals surface area contributed by atoms with Gasteiger partial charge in [0.15, 0.2) is 0 Å². The number of rotatable bonds is 4. The fourth-order valence-corrected chi connectivity index (χ4v) is 2.25. The zero-order valence-corrected chi connectivity index (χ0v) is 11.8. The highest BCUT2D eigenvalue weighted by atomic mass is 32.1. The van der Waals surface area contributed by atoms with Crippen LogP contribution in [0.2, 0.25) is 0 Å². The molecule has 0 aliphatic rings. The molecule has 2 aromatic rings. The van der Waals surface area contributed by atoms with E-state index in [-0.39, 0.29) is 0 Å². The predicted molar refractivity (Wildman–Crippen MR) is 76.9 cm³/mol. The second-order valence-electron chi connectivity index (χ2n) is 3.85. The molecule has 2 heterocycles. The summed E-state index contributed by atoms with van der Waals surface area (Å²) in [6, 6.07) is 0. The quantitative estimate of drug-likeness (QED) is 0.856. The maximum atomic E-state index is 5.69. The number of nitrogens with two attached hydrogens (primary N) is 1. The predicted octanol–water partition coefficient (Wildman–Crippen LogP) is 1.51. The molecule has 18 heavy (non-hydrogen) atoms. The monoisotopic (exact) mass is 279 g/mol. The van der Waals surface area contributed by atoms with Gasteiger partial charge in [0, 0.05) is 18.6 Å². The van der Waals surface area contributed by atoms with Crippen molar-refractivity contribution in [3.05, 3.63) is 34.2 Å². The molecule has 0 aromatic carbocycles. The smallest absolute Gasteiger partial charge is 0.142 e. The molecule has 2 N–H and O–H groups in total. The lowest BCUT2D eigenvalue weighted by atomic mass is 10.2. The van der Waals surface area contributed by atoms with Gasteiger partial charge in [-0.05, 0) is 6.92 Å². The van der Waals surface area contributed by atoms with Gasteiger partial charge >= 0.3 is 0 Å². The minimum atomic E-state index is 0.301. The van der Waals surface area contributed by atoms with Crippen LogP contribution in [-0.4, -0.2) is 27.0 Å². The Hall–Kier alpha value is -1.60. The highest BCUT2D eigenvalue weighted by Gasteiger charge is 2.13. The molecule has 2 aromatic heterocycles. The average molecular weight is 279 g/mol. The molecule has 0 saturated heterocycles. The summed E-state index contributed by atoms with van der Waals surface area (Å²) < 4.78 is 0. The normalized spacial score (nSPS) is 10.3. The molecule has 0 spiro atoms. The van der Waals surface area contributed by atoms with E-state index in [4.69, 9.17) is 18.0 Å². The second-order valence-corrected chi connectivity index (χ2v) is 5.01. The number of thiocarbonyl (C=S) groups is 1. The van der Waals surface area contributed by atoms with E-state index in [0.29, 0.717) is 22.9 Å². The van der Waals surface area contributed by atoms with E-state index in [1.807, 2.05) is 29.8 Å². The van der Waals surface area contributed by atoms with Gasteiger partial charge in [-0.2, -0.15) is 0 Å². The van der Waals surface area contributed by atoms with Crippen molar-refractivity contribution in [2.45, 2.75) is 13.5 Å². The van der Waals surface area contributed by atoms with Gasteiger partial charge in [-0.1, -0.05) is 12.2 Å². The van der Waals surface area contributed by atoms with Gasteiger partial charge in [-0.25, -0.2) is 15.0 Å². The van der Waals surface area contributed by atoms with Crippen molar-refractivity contribution in [2.24, 2.45) is 5.73 Å². The lowest BCUT2D eigenvalue weighted by Gasteiger charge is -2.19. The van der Waals surface area contributed by atoms with E-state index in [1.165, 1.54) is 0 Å². The fourth-order valence-electron chi connectivity index (χ4n) is 1.56. The third kappa shape index (κ3) is 2.80.